The first-order valence-corrected chi connectivity index (χ1v) is 8.93. The summed E-state index contributed by atoms with van der Waals surface area (Å²) in [7, 11) is 0. The standard InChI is InChI=1S/C21H18BrN3O/c1-14-7-8-17(11-15(14)2)24-25-18-9-10-21(26)16(12-18)13-23-20-6-4-3-5-19(20)22/h3-13,26H,1-2H3. The molecule has 0 saturated carbocycles. The summed E-state index contributed by atoms with van der Waals surface area (Å²) in [6.07, 6.45) is 1.62. The van der Waals surface area contributed by atoms with Crippen molar-refractivity contribution in [2.45, 2.75) is 13.8 Å². The largest absolute Gasteiger partial charge is 0.507 e. The molecule has 3 aromatic rings. The van der Waals surface area contributed by atoms with E-state index in [0.29, 0.717) is 11.3 Å². The summed E-state index contributed by atoms with van der Waals surface area (Å²) in [4.78, 5) is 4.41. The minimum absolute atomic E-state index is 0.144. The van der Waals surface area contributed by atoms with Crippen LogP contribution in [0.3, 0.4) is 0 Å². The number of aromatic hydroxyl groups is 1. The van der Waals surface area contributed by atoms with Crippen molar-refractivity contribution in [3.63, 3.8) is 0 Å². The third kappa shape index (κ3) is 4.43. The van der Waals surface area contributed by atoms with Crippen LogP contribution in [-0.2, 0) is 0 Å². The van der Waals surface area contributed by atoms with Gasteiger partial charge >= 0.3 is 0 Å². The fourth-order valence-corrected chi connectivity index (χ4v) is 2.69. The molecule has 3 aromatic carbocycles. The van der Waals surface area contributed by atoms with Crippen molar-refractivity contribution in [2.24, 2.45) is 15.2 Å². The van der Waals surface area contributed by atoms with E-state index in [2.05, 4.69) is 38.1 Å². The Bertz CT molecular complexity index is 996. The second kappa shape index (κ2) is 8.06. The Hall–Kier alpha value is -2.79. The van der Waals surface area contributed by atoms with Gasteiger partial charge in [0.1, 0.15) is 5.75 Å². The minimum Gasteiger partial charge on any atom is -0.507 e. The molecular weight excluding hydrogens is 390 g/mol. The lowest BCUT2D eigenvalue weighted by Gasteiger charge is -2.02. The maximum atomic E-state index is 10.1. The Labute approximate surface area is 161 Å². The molecule has 0 saturated heterocycles. The lowest BCUT2D eigenvalue weighted by atomic mass is 10.1. The van der Waals surface area contributed by atoms with E-state index in [1.54, 1.807) is 24.4 Å². The fourth-order valence-electron chi connectivity index (χ4n) is 2.31. The maximum absolute atomic E-state index is 10.1. The first-order valence-electron chi connectivity index (χ1n) is 8.13. The van der Waals surface area contributed by atoms with Crippen molar-refractivity contribution in [3.8, 4) is 5.75 Å². The van der Waals surface area contributed by atoms with Gasteiger partial charge in [-0.05, 0) is 83.4 Å². The van der Waals surface area contributed by atoms with Gasteiger partial charge in [-0.1, -0.05) is 18.2 Å². The van der Waals surface area contributed by atoms with Crippen molar-refractivity contribution >= 4 is 39.2 Å². The van der Waals surface area contributed by atoms with Gasteiger partial charge in [-0.2, -0.15) is 10.2 Å². The number of aryl methyl sites for hydroxylation is 2. The summed E-state index contributed by atoms with van der Waals surface area (Å²) in [5.41, 5.74) is 5.21. The molecule has 130 valence electrons. The van der Waals surface area contributed by atoms with Crippen molar-refractivity contribution in [1.82, 2.24) is 0 Å². The van der Waals surface area contributed by atoms with Crippen molar-refractivity contribution in [2.75, 3.05) is 0 Å². The highest BCUT2D eigenvalue weighted by molar-refractivity contribution is 9.10. The van der Waals surface area contributed by atoms with Crippen LogP contribution in [0.15, 0.2) is 80.4 Å². The summed E-state index contributed by atoms with van der Waals surface area (Å²) < 4.78 is 0.890. The van der Waals surface area contributed by atoms with Gasteiger partial charge in [-0.3, -0.25) is 4.99 Å². The number of hydrogen-bond acceptors (Lipinski definition) is 4. The normalized spacial score (nSPS) is 11.5. The predicted molar refractivity (Wildman–Crippen MR) is 110 cm³/mol. The van der Waals surface area contributed by atoms with E-state index in [4.69, 9.17) is 0 Å². The highest BCUT2D eigenvalue weighted by atomic mass is 79.9. The summed E-state index contributed by atoms with van der Waals surface area (Å²) >= 11 is 3.45. The molecule has 0 aliphatic carbocycles. The van der Waals surface area contributed by atoms with Crippen LogP contribution in [-0.4, -0.2) is 11.3 Å². The third-order valence-corrected chi connectivity index (χ3v) is 4.65. The SMILES string of the molecule is Cc1ccc(N=Nc2ccc(O)c(C=Nc3ccccc3Br)c2)cc1C. The molecule has 0 heterocycles. The van der Waals surface area contributed by atoms with Gasteiger partial charge in [-0.15, -0.1) is 0 Å². The molecular formula is C21H18BrN3O. The van der Waals surface area contributed by atoms with Crippen LogP contribution in [0.1, 0.15) is 16.7 Å². The lowest BCUT2D eigenvalue weighted by Crippen LogP contribution is -1.82. The fraction of sp³-hybridized carbons (Fsp3) is 0.0952. The number of benzene rings is 3. The first-order chi connectivity index (χ1) is 12.5. The monoisotopic (exact) mass is 407 g/mol. The molecule has 0 aromatic heterocycles. The zero-order valence-corrected chi connectivity index (χ0v) is 16.1. The van der Waals surface area contributed by atoms with Crippen LogP contribution < -0.4 is 0 Å². The van der Waals surface area contributed by atoms with Crippen molar-refractivity contribution < 1.29 is 5.11 Å². The van der Waals surface area contributed by atoms with Gasteiger partial charge in [0, 0.05) is 16.3 Å². The van der Waals surface area contributed by atoms with E-state index in [-0.39, 0.29) is 5.75 Å². The van der Waals surface area contributed by atoms with Gasteiger partial charge in [0.25, 0.3) is 0 Å². The lowest BCUT2D eigenvalue weighted by molar-refractivity contribution is 0.474. The summed E-state index contributed by atoms with van der Waals surface area (Å²) in [5, 5.41) is 18.6. The predicted octanol–water partition coefficient (Wildman–Crippen LogP) is 6.94. The van der Waals surface area contributed by atoms with Crippen molar-refractivity contribution in [3.05, 3.63) is 81.8 Å². The quantitative estimate of drug-likeness (QED) is 0.369. The van der Waals surface area contributed by atoms with E-state index in [9.17, 15) is 5.11 Å². The van der Waals surface area contributed by atoms with Gasteiger partial charge in [0.2, 0.25) is 0 Å². The molecule has 4 nitrogen and oxygen atoms in total. The second-order valence-electron chi connectivity index (χ2n) is 5.92. The van der Waals surface area contributed by atoms with Crippen LogP contribution >= 0.6 is 15.9 Å². The van der Waals surface area contributed by atoms with Crippen LogP contribution in [0.4, 0.5) is 17.1 Å². The molecule has 0 radical (unpaired) electrons. The molecule has 26 heavy (non-hydrogen) atoms. The molecule has 5 heteroatoms. The number of hydrogen-bond donors (Lipinski definition) is 1. The number of rotatable bonds is 4. The van der Waals surface area contributed by atoms with E-state index in [1.165, 1.54) is 11.1 Å². The molecule has 0 bridgehead atoms. The molecule has 0 spiro atoms. The van der Waals surface area contributed by atoms with Gasteiger partial charge in [0.15, 0.2) is 0 Å². The third-order valence-electron chi connectivity index (χ3n) is 3.98. The smallest absolute Gasteiger partial charge is 0.124 e. The van der Waals surface area contributed by atoms with Gasteiger partial charge in [0.05, 0.1) is 17.1 Å². The highest BCUT2D eigenvalue weighted by Gasteiger charge is 2.02. The molecule has 3 rings (SSSR count). The molecule has 0 atom stereocenters. The molecule has 0 unspecified atom stereocenters. The molecule has 1 N–H and O–H groups in total. The Morgan fingerprint density at radius 2 is 1.54 bits per heavy atom. The van der Waals surface area contributed by atoms with Crippen LogP contribution in [0.25, 0.3) is 0 Å². The van der Waals surface area contributed by atoms with Crippen LogP contribution in [0, 0.1) is 13.8 Å². The number of azo groups is 1. The maximum Gasteiger partial charge on any atom is 0.124 e. The Morgan fingerprint density at radius 1 is 0.846 bits per heavy atom. The van der Waals surface area contributed by atoms with E-state index < -0.39 is 0 Å². The van der Waals surface area contributed by atoms with Crippen molar-refractivity contribution in [1.29, 1.82) is 0 Å². The Balaban J connectivity index is 1.84. The minimum atomic E-state index is 0.144. The van der Waals surface area contributed by atoms with E-state index in [0.717, 1.165) is 15.8 Å². The zero-order chi connectivity index (χ0) is 18.5. The number of nitrogens with zero attached hydrogens (tertiary/aromatic N) is 3. The Kier molecular flexibility index (Phi) is 5.58. The average molecular weight is 408 g/mol. The number of para-hydroxylation sites is 1. The molecule has 0 fully saturated rings. The average Bonchev–Trinajstić information content (AvgIpc) is 2.64. The Morgan fingerprint density at radius 3 is 2.27 bits per heavy atom. The second-order valence-corrected chi connectivity index (χ2v) is 6.78. The summed E-state index contributed by atoms with van der Waals surface area (Å²) in [6, 6.07) is 18.7. The number of phenols is 1. The number of halogens is 1. The van der Waals surface area contributed by atoms with Gasteiger partial charge in [-0.25, -0.2) is 0 Å². The summed E-state index contributed by atoms with van der Waals surface area (Å²) in [6.45, 7) is 4.11. The topological polar surface area (TPSA) is 57.3 Å². The molecule has 0 aliphatic heterocycles. The van der Waals surface area contributed by atoms with E-state index in [1.807, 2.05) is 49.4 Å². The zero-order valence-electron chi connectivity index (χ0n) is 14.5. The van der Waals surface area contributed by atoms with Crippen LogP contribution in [0.2, 0.25) is 0 Å². The van der Waals surface area contributed by atoms with Crippen LogP contribution in [0.5, 0.6) is 5.75 Å². The number of phenolic OH excluding ortho intramolecular Hbond substituents is 1. The molecule has 0 amide bonds. The van der Waals surface area contributed by atoms with E-state index >= 15 is 0 Å². The van der Waals surface area contributed by atoms with Gasteiger partial charge < -0.3 is 5.11 Å². The summed E-state index contributed by atoms with van der Waals surface area (Å²) in [5.74, 6) is 0.144. The molecule has 0 aliphatic rings. The first kappa shape index (κ1) is 18.0. The number of aliphatic imine (C=N–C) groups is 1. The highest BCUT2D eigenvalue weighted by Crippen LogP contribution is 2.27.